The molecule has 3 heteroatoms. The Hall–Kier alpha value is 0.140. The first kappa shape index (κ1) is 13.2. The van der Waals surface area contributed by atoms with Gasteiger partial charge in [-0.3, -0.25) is 0 Å². The van der Waals surface area contributed by atoms with E-state index >= 15 is 0 Å². The van der Waals surface area contributed by atoms with Crippen molar-refractivity contribution in [3.8, 4) is 0 Å². The summed E-state index contributed by atoms with van der Waals surface area (Å²) in [6.45, 7) is 5.52. The molecule has 0 aromatic carbocycles. The first-order valence-corrected chi connectivity index (χ1v) is 7.40. The Morgan fingerprint density at radius 1 is 1.40 bits per heavy atom. The first-order valence-electron chi connectivity index (χ1n) is 5.73. The van der Waals surface area contributed by atoms with Crippen molar-refractivity contribution >= 4 is 27.3 Å². The molecule has 1 N–H and O–H groups in total. The van der Waals surface area contributed by atoms with Gasteiger partial charge >= 0.3 is 0 Å². The van der Waals surface area contributed by atoms with E-state index in [2.05, 4.69) is 46.5 Å². The average Bonchev–Trinajstić information content (AvgIpc) is 2.61. The van der Waals surface area contributed by atoms with Crippen molar-refractivity contribution in [3.05, 3.63) is 20.8 Å². The zero-order chi connectivity index (χ0) is 11.1. The van der Waals surface area contributed by atoms with Gasteiger partial charge in [0, 0.05) is 15.4 Å². The summed E-state index contributed by atoms with van der Waals surface area (Å²) in [4.78, 5) is 1.48. The number of aryl methyl sites for hydroxylation is 1. The van der Waals surface area contributed by atoms with Crippen molar-refractivity contribution in [2.24, 2.45) is 0 Å². The minimum Gasteiger partial charge on any atom is -0.314 e. The molecular weight excluding hydrogens is 270 g/mol. The number of halogens is 1. The second-order valence-corrected chi connectivity index (χ2v) is 5.63. The molecule has 0 spiro atoms. The van der Waals surface area contributed by atoms with Crippen LogP contribution in [0.3, 0.4) is 0 Å². The van der Waals surface area contributed by atoms with Crippen LogP contribution in [0.25, 0.3) is 0 Å². The summed E-state index contributed by atoms with van der Waals surface area (Å²) >= 11 is 5.44. The fraction of sp³-hybridized carbons (Fsp3) is 0.667. The van der Waals surface area contributed by atoms with Crippen LogP contribution in [0.1, 0.15) is 38.0 Å². The van der Waals surface area contributed by atoms with Crippen LogP contribution in [0.2, 0.25) is 0 Å². The molecule has 1 heterocycles. The molecule has 0 aliphatic heterocycles. The maximum absolute atomic E-state index is 3.58. The Morgan fingerprint density at radius 3 is 2.73 bits per heavy atom. The fourth-order valence-electron chi connectivity index (χ4n) is 1.79. The average molecular weight is 290 g/mol. The topological polar surface area (TPSA) is 12.0 Å². The molecule has 0 amide bonds. The van der Waals surface area contributed by atoms with Gasteiger partial charge in [0.05, 0.1) is 0 Å². The minimum absolute atomic E-state index is 0.689. The van der Waals surface area contributed by atoms with Crippen LogP contribution in [-0.2, 0) is 6.42 Å². The number of rotatable bonds is 7. The van der Waals surface area contributed by atoms with Gasteiger partial charge in [-0.25, -0.2) is 0 Å². The molecule has 0 radical (unpaired) electrons. The standard InChI is InChI=1S/C12H20BrNS/c1-3-5-10(14-4-2)6-7-12-11(13)8-9-15-12/h8-10,14H,3-7H2,1-2H3. The van der Waals surface area contributed by atoms with Crippen LogP contribution < -0.4 is 5.32 Å². The van der Waals surface area contributed by atoms with Gasteiger partial charge in [0.25, 0.3) is 0 Å². The Kier molecular flexibility index (Phi) is 6.53. The van der Waals surface area contributed by atoms with Crippen LogP contribution in [0.5, 0.6) is 0 Å². The molecule has 1 atom stereocenters. The van der Waals surface area contributed by atoms with Gasteiger partial charge in [-0.15, -0.1) is 11.3 Å². The number of hydrogen-bond donors (Lipinski definition) is 1. The lowest BCUT2D eigenvalue weighted by Gasteiger charge is -2.16. The molecule has 86 valence electrons. The molecule has 1 unspecified atom stereocenters. The molecular formula is C12H20BrNS. The van der Waals surface area contributed by atoms with Crippen LogP contribution in [0.4, 0.5) is 0 Å². The Balaban J connectivity index is 2.36. The summed E-state index contributed by atoms with van der Waals surface area (Å²) in [6, 6.07) is 2.83. The predicted octanol–water partition coefficient (Wildman–Crippen LogP) is 4.22. The lowest BCUT2D eigenvalue weighted by Crippen LogP contribution is -2.29. The van der Waals surface area contributed by atoms with E-state index in [9.17, 15) is 0 Å². The van der Waals surface area contributed by atoms with E-state index in [0.29, 0.717) is 6.04 Å². The molecule has 1 rings (SSSR count). The molecule has 0 aliphatic rings. The van der Waals surface area contributed by atoms with E-state index in [1.807, 2.05) is 11.3 Å². The highest BCUT2D eigenvalue weighted by atomic mass is 79.9. The quantitative estimate of drug-likeness (QED) is 0.792. The van der Waals surface area contributed by atoms with Crippen molar-refractivity contribution in [2.45, 2.75) is 45.6 Å². The van der Waals surface area contributed by atoms with Crippen LogP contribution in [0.15, 0.2) is 15.9 Å². The van der Waals surface area contributed by atoms with E-state index in [1.165, 1.54) is 35.0 Å². The summed E-state index contributed by atoms with van der Waals surface area (Å²) < 4.78 is 1.28. The summed E-state index contributed by atoms with van der Waals surface area (Å²) in [6.07, 6.45) is 5.00. The third kappa shape index (κ3) is 4.66. The van der Waals surface area contributed by atoms with Gasteiger partial charge in [0.2, 0.25) is 0 Å². The van der Waals surface area contributed by atoms with E-state index in [-0.39, 0.29) is 0 Å². The molecule has 1 aromatic rings. The van der Waals surface area contributed by atoms with Crippen molar-refractivity contribution in [2.75, 3.05) is 6.54 Å². The Labute approximate surface area is 105 Å². The third-order valence-electron chi connectivity index (χ3n) is 2.54. The fourth-order valence-corrected chi connectivity index (χ4v) is 3.36. The van der Waals surface area contributed by atoms with Crippen LogP contribution >= 0.6 is 27.3 Å². The third-order valence-corrected chi connectivity index (χ3v) is 4.53. The molecule has 0 fully saturated rings. The van der Waals surface area contributed by atoms with Crippen molar-refractivity contribution in [3.63, 3.8) is 0 Å². The van der Waals surface area contributed by atoms with Crippen molar-refractivity contribution in [1.82, 2.24) is 5.32 Å². The molecule has 1 aromatic heterocycles. The first-order chi connectivity index (χ1) is 7.27. The zero-order valence-electron chi connectivity index (χ0n) is 9.55. The van der Waals surface area contributed by atoms with E-state index in [1.54, 1.807) is 0 Å². The maximum atomic E-state index is 3.58. The number of hydrogen-bond acceptors (Lipinski definition) is 2. The summed E-state index contributed by atoms with van der Waals surface area (Å²) in [5.41, 5.74) is 0. The monoisotopic (exact) mass is 289 g/mol. The van der Waals surface area contributed by atoms with Gasteiger partial charge in [-0.05, 0) is 53.2 Å². The Bertz CT molecular complexity index is 266. The normalized spacial score (nSPS) is 13.0. The van der Waals surface area contributed by atoms with Crippen molar-refractivity contribution in [1.29, 1.82) is 0 Å². The van der Waals surface area contributed by atoms with Crippen molar-refractivity contribution < 1.29 is 0 Å². The smallest absolute Gasteiger partial charge is 0.0314 e. The van der Waals surface area contributed by atoms with E-state index < -0.39 is 0 Å². The van der Waals surface area contributed by atoms with Gasteiger partial charge in [0.15, 0.2) is 0 Å². The Morgan fingerprint density at radius 2 is 2.20 bits per heavy atom. The highest BCUT2D eigenvalue weighted by Gasteiger charge is 2.08. The number of nitrogens with one attached hydrogen (secondary N) is 1. The minimum atomic E-state index is 0.689. The lowest BCUT2D eigenvalue weighted by molar-refractivity contribution is 0.460. The van der Waals surface area contributed by atoms with Crippen LogP contribution in [0, 0.1) is 0 Å². The second kappa shape index (κ2) is 7.42. The summed E-state index contributed by atoms with van der Waals surface area (Å²) in [5, 5.41) is 5.71. The van der Waals surface area contributed by atoms with Crippen LogP contribution in [-0.4, -0.2) is 12.6 Å². The molecule has 1 nitrogen and oxygen atoms in total. The maximum Gasteiger partial charge on any atom is 0.0314 e. The molecule has 0 bridgehead atoms. The lowest BCUT2D eigenvalue weighted by atomic mass is 10.1. The van der Waals surface area contributed by atoms with E-state index in [0.717, 1.165) is 6.54 Å². The SMILES string of the molecule is CCCC(CCc1sccc1Br)NCC. The summed E-state index contributed by atoms with van der Waals surface area (Å²) in [7, 11) is 0. The zero-order valence-corrected chi connectivity index (χ0v) is 12.0. The predicted molar refractivity (Wildman–Crippen MR) is 72.7 cm³/mol. The van der Waals surface area contributed by atoms with Gasteiger partial charge in [0.1, 0.15) is 0 Å². The number of thiophene rings is 1. The molecule has 0 saturated carbocycles. The van der Waals surface area contributed by atoms with E-state index in [4.69, 9.17) is 0 Å². The second-order valence-electron chi connectivity index (χ2n) is 3.77. The highest BCUT2D eigenvalue weighted by Crippen LogP contribution is 2.24. The molecule has 15 heavy (non-hydrogen) atoms. The highest BCUT2D eigenvalue weighted by molar-refractivity contribution is 9.10. The van der Waals surface area contributed by atoms with Gasteiger partial charge in [-0.2, -0.15) is 0 Å². The largest absolute Gasteiger partial charge is 0.314 e. The molecule has 0 aliphatic carbocycles. The van der Waals surface area contributed by atoms with Gasteiger partial charge < -0.3 is 5.32 Å². The molecule has 0 saturated heterocycles. The van der Waals surface area contributed by atoms with Gasteiger partial charge in [-0.1, -0.05) is 20.3 Å². The summed E-state index contributed by atoms with van der Waals surface area (Å²) in [5.74, 6) is 0.